The molecule has 1 fully saturated rings. The average Bonchev–Trinajstić information content (AvgIpc) is 2.90. The van der Waals surface area contributed by atoms with E-state index >= 15 is 0 Å². The maximum atomic E-state index is 11.1. The van der Waals surface area contributed by atoms with Crippen LogP contribution in [-0.2, 0) is 17.8 Å². The van der Waals surface area contributed by atoms with Gasteiger partial charge >= 0.3 is 0 Å². The van der Waals surface area contributed by atoms with Crippen molar-refractivity contribution in [3.05, 3.63) is 29.3 Å². The monoisotopic (exact) mass is 274 g/mol. The molecule has 4 heteroatoms. The summed E-state index contributed by atoms with van der Waals surface area (Å²) < 4.78 is 5.88. The predicted molar refractivity (Wildman–Crippen MR) is 77.7 cm³/mol. The van der Waals surface area contributed by atoms with Crippen molar-refractivity contribution in [3.8, 4) is 5.75 Å². The molecule has 1 atom stereocenters. The topological polar surface area (TPSA) is 50.4 Å². The summed E-state index contributed by atoms with van der Waals surface area (Å²) in [5.74, 6) is 1.19. The molecule has 0 saturated carbocycles. The smallest absolute Gasteiger partial charge is 0.220 e. The van der Waals surface area contributed by atoms with Crippen LogP contribution in [-0.4, -0.2) is 24.1 Å². The fourth-order valence-electron chi connectivity index (χ4n) is 2.99. The normalized spacial score (nSPS) is 23.3. The van der Waals surface area contributed by atoms with Crippen LogP contribution in [0.15, 0.2) is 18.2 Å². The first-order chi connectivity index (χ1) is 9.52. The minimum atomic E-state index is -0.0808. The van der Waals surface area contributed by atoms with Gasteiger partial charge in [-0.3, -0.25) is 4.79 Å². The van der Waals surface area contributed by atoms with E-state index in [0.29, 0.717) is 12.5 Å². The molecule has 0 spiro atoms. The zero-order chi connectivity index (χ0) is 14.2. The number of fused-ring (bicyclic) bond motifs is 1. The predicted octanol–water partition coefficient (Wildman–Crippen LogP) is 1.77. The van der Waals surface area contributed by atoms with Crippen LogP contribution in [0.3, 0.4) is 0 Å². The number of benzene rings is 1. The van der Waals surface area contributed by atoms with E-state index in [1.54, 1.807) is 0 Å². The first kappa shape index (κ1) is 13.4. The van der Waals surface area contributed by atoms with Gasteiger partial charge in [0.05, 0.1) is 0 Å². The Morgan fingerprint density at radius 2 is 2.30 bits per heavy atom. The quantitative estimate of drug-likeness (QED) is 0.880. The molecule has 2 aliphatic heterocycles. The van der Waals surface area contributed by atoms with Crippen molar-refractivity contribution in [2.24, 2.45) is 0 Å². The molecule has 1 amide bonds. The molecule has 0 aromatic heterocycles. The number of amides is 1. The van der Waals surface area contributed by atoms with Crippen LogP contribution in [0.4, 0.5) is 0 Å². The van der Waals surface area contributed by atoms with Crippen molar-refractivity contribution in [1.29, 1.82) is 0 Å². The SMILES string of the molecule is CC1(C)Cc2cc(CNCC3CCC(=O)N3)ccc2O1. The lowest BCUT2D eigenvalue weighted by Crippen LogP contribution is -2.35. The van der Waals surface area contributed by atoms with Gasteiger partial charge in [0.2, 0.25) is 5.91 Å². The molecular weight excluding hydrogens is 252 g/mol. The van der Waals surface area contributed by atoms with Crippen LogP contribution in [0.25, 0.3) is 0 Å². The summed E-state index contributed by atoms with van der Waals surface area (Å²) in [7, 11) is 0. The first-order valence-electron chi connectivity index (χ1n) is 7.33. The van der Waals surface area contributed by atoms with Crippen molar-refractivity contribution in [2.45, 2.75) is 51.3 Å². The molecule has 0 aliphatic carbocycles. The Balaban J connectivity index is 1.53. The molecule has 2 N–H and O–H groups in total. The Hall–Kier alpha value is -1.55. The Kier molecular flexibility index (Phi) is 3.42. The summed E-state index contributed by atoms with van der Waals surface area (Å²) in [4.78, 5) is 11.1. The molecule has 1 aromatic carbocycles. The Morgan fingerprint density at radius 1 is 1.45 bits per heavy atom. The average molecular weight is 274 g/mol. The van der Waals surface area contributed by atoms with Crippen LogP contribution in [0.5, 0.6) is 5.75 Å². The molecule has 1 unspecified atom stereocenters. The third kappa shape index (κ3) is 2.96. The van der Waals surface area contributed by atoms with Crippen LogP contribution < -0.4 is 15.4 Å². The lowest BCUT2D eigenvalue weighted by Gasteiger charge is -2.16. The van der Waals surface area contributed by atoms with E-state index < -0.39 is 0 Å². The van der Waals surface area contributed by atoms with Crippen molar-refractivity contribution < 1.29 is 9.53 Å². The molecular formula is C16H22N2O2. The summed E-state index contributed by atoms with van der Waals surface area (Å²) in [5.41, 5.74) is 2.49. The zero-order valence-electron chi connectivity index (χ0n) is 12.2. The third-order valence-electron chi connectivity index (χ3n) is 3.93. The number of nitrogens with one attached hydrogen (secondary N) is 2. The minimum Gasteiger partial charge on any atom is -0.487 e. The number of carbonyl (C=O) groups excluding carboxylic acids is 1. The van der Waals surface area contributed by atoms with Crippen LogP contribution in [0, 0.1) is 0 Å². The third-order valence-corrected chi connectivity index (χ3v) is 3.93. The second kappa shape index (κ2) is 5.09. The lowest BCUT2D eigenvalue weighted by atomic mass is 10.0. The summed E-state index contributed by atoms with van der Waals surface area (Å²) in [6, 6.07) is 6.70. The van der Waals surface area contributed by atoms with Crippen LogP contribution in [0.2, 0.25) is 0 Å². The van der Waals surface area contributed by atoms with E-state index in [9.17, 15) is 4.79 Å². The highest BCUT2D eigenvalue weighted by Crippen LogP contribution is 2.35. The van der Waals surface area contributed by atoms with Crippen molar-refractivity contribution in [3.63, 3.8) is 0 Å². The second-order valence-corrected chi connectivity index (χ2v) is 6.41. The molecule has 1 aromatic rings. The van der Waals surface area contributed by atoms with Gasteiger partial charge in [-0.2, -0.15) is 0 Å². The highest BCUT2D eigenvalue weighted by molar-refractivity contribution is 5.78. The first-order valence-corrected chi connectivity index (χ1v) is 7.33. The number of carbonyl (C=O) groups is 1. The molecule has 4 nitrogen and oxygen atoms in total. The molecule has 1 saturated heterocycles. The lowest BCUT2D eigenvalue weighted by molar-refractivity contribution is -0.119. The Morgan fingerprint density at radius 3 is 3.05 bits per heavy atom. The number of rotatable bonds is 4. The van der Waals surface area contributed by atoms with Crippen molar-refractivity contribution in [2.75, 3.05) is 6.54 Å². The standard InChI is InChI=1S/C16H22N2O2/c1-16(2)8-12-7-11(3-5-14(12)20-16)9-17-10-13-4-6-15(19)18-13/h3,5,7,13,17H,4,6,8-10H2,1-2H3,(H,18,19). The molecule has 2 aliphatic rings. The molecule has 108 valence electrons. The van der Waals surface area contributed by atoms with Gasteiger partial charge in [-0.1, -0.05) is 12.1 Å². The van der Waals surface area contributed by atoms with Gasteiger partial charge in [0, 0.05) is 32.0 Å². The van der Waals surface area contributed by atoms with Gasteiger partial charge < -0.3 is 15.4 Å². The van der Waals surface area contributed by atoms with E-state index in [1.807, 2.05) is 0 Å². The summed E-state index contributed by atoms with van der Waals surface area (Å²) in [5, 5.41) is 6.39. The van der Waals surface area contributed by atoms with E-state index in [0.717, 1.165) is 31.7 Å². The Bertz CT molecular complexity index is 525. The summed E-state index contributed by atoms with van der Waals surface area (Å²) >= 11 is 0. The maximum absolute atomic E-state index is 11.1. The zero-order valence-corrected chi connectivity index (χ0v) is 12.2. The molecule has 20 heavy (non-hydrogen) atoms. The number of ether oxygens (including phenoxy) is 1. The summed E-state index contributed by atoms with van der Waals surface area (Å²) in [6.45, 7) is 5.91. The highest BCUT2D eigenvalue weighted by atomic mass is 16.5. The minimum absolute atomic E-state index is 0.0808. The van der Waals surface area contributed by atoms with E-state index in [-0.39, 0.29) is 11.5 Å². The van der Waals surface area contributed by atoms with Crippen LogP contribution >= 0.6 is 0 Å². The largest absolute Gasteiger partial charge is 0.487 e. The fourth-order valence-corrected chi connectivity index (χ4v) is 2.99. The van der Waals surface area contributed by atoms with E-state index in [2.05, 4.69) is 42.7 Å². The van der Waals surface area contributed by atoms with E-state index in [4.69, 9.17) is 4.74 Å². The second-order valence-electron chi connectivity index (χ2n) is 6.41. The molecule has 0 bridgehead atoms. The maximum Gasteiger partial charge on any atom is 0.220 e. The molecule has 3 rings (SSSR count). The summed E-state index contributed by atoms with van der Waals surface area (Å²) in [6.07, 6.45) is 2.57. The number of hydrogen-bond donors (Lipinski definition) is 2. The number of hydrogen-bond acceptors (Lipinski definition) is 3. The van der Waals surface area contributed by atoms with Crippen molar-refractivity contribution in [1.82, 2.24) is 10.6 Å². The highest BCUT2D eigenvalue weighted by Gasteiger charge is 2.29. The Labute approximate surface area is 119 Å². The van der Waals surface area contributed by atoms with Gasteiger partial charge in [-0.25, -0.2) is 0 Å². The van der Waals surface area contributed by atoms with Crippen LogP contribution in [0.1, 0.15) is 37.8 Å². The van der Waals surface area contributed by atoms with E-state index in [1.165, 1.54) is 11.1 Å². The molecule has 2 heterocycles. The molecule has 0 radical (unpaired) electrons. The van der Waals surface area contributed by atoms with Gasteiger partial charge in [0.25, 0.3) is 0 Å². The van der Waals surface area contributed by atoms with Gasteiger partial charge in [-0.05, 0) is 37.5 Å². The van der Waals surface area contributed by atoms with Gasteiger partial charge in [-0.15, -0.1) is 0 Å². The fraction of sp³-hybridized carbons (Fsp3) is 0.562. The van der Waals surface area contributed by atoms with Gasteiger partial charge in [0.1, 0.15) is 11.4 Å². The van der Waals surface area contributed by atoms with Gasteiger partial charge in [0.15, 0.2) is 0 Å². The van der Waals surface area contributed by atoms with Crippen molar-refractivity contribution >= 4 is 5.91 Å².